The first-order chi connectivity index (χ1) is 8.28. The second-order valence-corrected chi connectivity index (χ2v) is 5.51. The summed E-state index contributed by atoms with van der Waals surface area (Å²) in [5.41, 5.74) is 6.14. The van der Waals surface area contributed by atoms with Crippen LogP contribution in [0, 0.1) is 11.3 Å². The van der Waals surface area contributed by atoms with Gasteiger partial charge in [-0.15, -0.1) is 0 Å². The van der Waals surface area contributed by atoms with Gasteiger partial charge in [0.1, 0.15) is 16.6 Å². The van der Waals surface area contributed by atoms with Crippen LogP contribution >= 0.6 is 11.5 Å². The summed E-state index contributed by atoms with van der Waals surface area (Å²) in [6.45, 7) is 2.24. The van der Waals surface area contributed by atoms with Crippen LogP contribution in [0.15, 0.2) is 0 Å². The van der Waals surface area contributed by atoms with Gasteiger partial charge in [-0.2, -0.15) is 9.64 Å². The van der Waals surface area contributed by atoms with Crippen molar-refractivity contribution in [1.82, 2.24) is 9.27 Å². The van der Waals surface area contributed by atoms with E-state index in [2.05, 4.69) is 20.7 Å². The third-order valence-electron chi connectivity index (χ3n) is 3.45. The van der Waals surface area contributed by atoms with Crippen molar-refractivity contribution in [3.8, 4) is 6.07 Å². The Morgan fingerprint density at radius 2 is 2.29 bits per heavy atom. The van der Waals surface area contributed by atoms with Crippen LogP contribution in [0.4, 0.5) is 10.8 Å². The summed E-state index contributed by atoms with van der Waals surface area (Å²) in [4.78, 5) is 2.54. The summed E-state index contributed by atoms with van der Waals surface area (Å²) in [5.74, 6) is 0.344. The predicted molar refractivity (Wildman–Crippen MR) is 67.9 cm³/mol. The minimum Gasteiger partial charge on any atom is -0.382 e. The maximum atomic E-state index is 9.00. The van der Waals surface area contributed by atoms with Gasteiger partial charge >= 0.3 is 0 Å². The molecule has 1 aromatic rings. The quantitative estimate of drug-likeness (QED) is 0.843. The van der Waals surface area contributed by atoms with Crippen molar-refractivity contribution >= 4 is 22.4 Å². The van der Waals surface area contributed by atoms with Crippen molar-refractivity contribution in [2.24, 2.45) is 0 Å². The van der Waals surface area contributed by atoms with Gasteiger partial charge in [0, 0.05) is 25.2 Å². The van der Waals surface area contributed by atoms with E-state index in [1.54, 1.807) is 0 Å². The molecule has 1 saturated carbocycles. The average Bonchev–Trinajstić information content (AvgIpc) is 2.98. The lowest BCUT2D eigenvalue weighted by Gasteiger charge is -2.15. The normalized spacial score (nSPS) is 24.8. The average molecular weight is 249 g/mol. The highest BCUT2D eigenvalue weighted by atomic mass is 32.1. The van der Waals surface area contributed by atoms with Crippen molar-refractivity contribution < 1.29 is 0 Å². The Morgan fingerprint density at radius 3 is 3.00 bits per heavy atom. The fourth-order valence-corrected chi connectivity index (χ4v) is 3.11. The molecule has 1 saturated heterocycles. The number of aromatic nitrogens is 1. The molecule has 2 heterocycles. The molecular weight excluding hydrogens is 234 g/mol. The van der Waals surface area contributed by atoms with Crippen LogP contribution in [0.1, 0.15) is 24.8 Å². The summed E-state index contributed by atoms with van der Waals surface area (Å²) in [6.07, 6.45) is 3.84. The van der Waals surface area contributed by atoms with Crippen LogP contribution in [0.3, 0.4) is 0 Å². The van der Waals surface area contributed by atoms with Gasteiger partial charge in [-0.25, -0.2) is 0 Å². The molecule has 0 aromatic carbocycles. The van der Waals surface area contributed by atoms with Gasteiger partial charge in [0.15, 0.2) is 5.82 Å². The number of hydrogen-bond donors (Lipinski definition) is 2. The highest BCUT2D eigenvalue weighted by Gasteiger charge is 2.34. The van der Waals surface area contributed by atoms with Crippen LogP contribution < -0.4 is 11.1 Å². The van der Waals surface area contributed by atoms with Gasteiger partial charge in [0.2, 0.25) is 0 Å². The van der Waals surface area contributed by atoms with E-state index < -0.39 is 0 Å². The number of anilines is 2. The minimum atomic E-state index is 0.344. The Bertz CT molecular complexity index is 459. The van der Waals surface area contributed by atoms with Crippen LogP contribution in [-0.4, -0.2) is 34.4 Å². The van der Waals surface area contributed by atoms with E-state index in [1.165, 1.54) is 30.9 Å². The zero-order valence-corrected chi connectivity index (χ0v) is 10.3. The molecule has 0 radical (unpaired) electrons. The summed E-state index contributed by atoms with van der Waals surface area (Å²) in [6, 6.07) is 3.37. The molecule has 5 nitrogen and oxygen atoms in total. The van der Waals surface area contributed by atoms with Crippen molar-refractivity contribution in [3.63, 3.8) is 0 Å². The monoisotopic (exact) mass is 249 g/mol. The number of hydrogen-bond acceptors (Lipinski definition) is 6. The van der Waals surface area contributed by atoms with Crippen molar-refractivity contribution in [2.75, 3.05) is 24.1 Å². The predicted octanol–water partition coefficient (Wildman–Crippen LogP) is 1.25. The molecule has 3 N–H and O–H groups in total. The number of nitrogen functional groups attached to an aromatic ring is 1. The molecule has 17 heavy (non-hydrogen) atoms. The maximum Gasteiger partial charge on any atom is 0.157 e. The fraction of sp³-hybridized carbons (Fsp3) is 0.636. The molecule has 1 aliphatic carbocycles. The first-order valence-electron chi connectivity index (χ1n) is 5.93. The number of nitrogens with one attached hydrogen (secondary N) is 1. The van der Waals surface area contributed by atoms with E-state index in [0.717, 1.165) is 24.0 Å². The number of nitriles is 1. The molecule has 0 spiro atoms. The zero-order valence-electron chi connectivity index (χ0n) is 9.52. The maximum absolute atomic E-state index is 9.00. The molecule has 0 amide bonds. The lowest BCUT2D eigenvalue weighted by Crippen LogP contribution is -2.27. The molecular formula is C11H15N5S. The number of nitrogens with two attached hydrogens (primary N) is 1. The third-order valence-corrected chi connectivity index (χ3v) is 4.24. The van der Waals surface area contributed by atoms with Crippen LogP contribution in [0.5, 0.6) is 0 Å². The highest BCUT2D eigenvalue weighted by molar-refractivity contribution is 7.10. The van der Waals surface area contributed by atoms with E-state index in [1.807, 2.05) is 0 Å². The summed E-state index contributed by atoms with van der Waals surface area (Å²) >= 11 is 1.29. The molecule has 1 aliphatic heterocycles. The number of rotatable bonds is 3. The van der Waals surface area contributed by atoms with E-state index in [-0.39, 0.29) is 0 Å². The second-order valence-electron chi connectivity index (χ2n) is 4.74. The lowest BCUT2D eigenvalue weighted by atomic mass is 10.2. The topological polar surface area (TPSA) is 78.0 Å². The number of likely N-dealkylation sites (tertiary alicyclic amines) is 1. The van der Waals surface area contributed by atoms with Gasteiger partial charge in [-0.05, 0) is 30.8 Å². The van der Waals surface area contributed by atoms with Gasteiger partial charge in [-0.1, -0.05) is 0 Å². The fourth-order valence-electron chi connectivity index (χ4n) is 2.37. The molecule has 3 rings (SSSR count). The first kappa shape index (κ1) is 10.8. The van der Waals surface area contributed by atoms with E-state index in [4.69, 9.17) is 11.0 Å². The number of nitrogens with zero attached hydrogens (tertiary/aromatic N) is 3. The van der Waals surface area contributed by atoms with E-state index in [9.17, 15) is 0 Å². The molecule has 1 unspecified atom stereocenters. The van der Waals surface area contributed by atoms with Crippen molar-refractivity contribution in [2.45, 2.75) is 31.3 Å². The SMILES string of the molecule is N#Cc1c(N)nsc1NC1CCN(C2CC2)C1. The van der Waals surface area contributed by atoms with Gasteiger partial charge in [-0.3, -0.25) is 4.90 Å². The Hall–Kier alpha value is -1.32. The molecule has 90 valence electrons. The van der Waals surface area contributed by atoms with Crippen molar-refractivity contribution in [1.29, 1.82) is 5.26 Å². The Kier molecular flexibility index (Phi) is 2.65. The molecule has 6 heteroatoms. The van der Waals surface area contributed by atoms with E-state index >= 15 is 0 Å². The van der Waals surface area contributed by atoms with Crippen LogP contribution in [-0.2, 0) is 0 Å². The summed E-state index contributed by atoms with van der Waals surface area (Å²) < 4.78 is 4.02. The van der Waals surface area contributed by atoms with Crippen LogP contribution in [0.2, 0.25) is 0 Å². The molecule has 0 bridgehead atoms. The smallest absolute Gasteiger partial charge is 0.157 e. The highest BCUT2D eigenvalue weighted by Crippen LogP contribution is 2.32. The molecule has 1 atom stereocenters. The lowest BCUT2D eigenvalue weighted by molar-refractivity contribution is 0.326. The molecule has 2 aliphatic rings. The van der Waals surface area contributed by atoms with Crippen LogP contribution in [0.25, 0.3) is 0 Å². The van der Waals surface area contributed by atoms with Crippen molar-refractivity contribution in [3.05, 3.63) is 5.56 Å². The van der Waals surface area contributed by atoms with Gasteiger partial charge in [0.05, 0.1) is 0 Å². The second kappa shape index (κ2) is 4.17. The van der Waals surface area contributed by atoms with E-state index in [0.29, 0.717) is 17.4 Å². The third kappa shape index (κ3) is 2.08. The molecule has 1 aromatic heterocycles. The summed E-state index contributed by atoms with van der Waals surface area (Å²) in [5, 5.41) is 13.2. The molecule has 2 fully saturated rings. The first-order valence-corrected chi connectivity index (χ1v) is 6.71. The standard InChI is InChI=1S/C11H15N5S/c12-5-9-10(13)15-17-11(9)14-7-3-4-16(6-7)8-1-2-8/h7-8,14H,1-4,6H2,(H2,13,15). The largest absolute Gasteiger partial charge is 0.382 e. The van der Waals surface area contributed by atoms with Gasteiger partial charge in [0.25, 0.3) is 0 Å². The summed E-state index contributed by atoms with van der Waals surface area (Å²) in [7, 11) is 0. The Morgan fingerprint density at radius 1 is 1.47 bits per heavy atom. The zero-order chi connectivity index (χ0) is 11.8. The Balaban J connectivity index is 1.65. The Labute approximate surface area is 104 Å². The van der Waals surface area contributed by atoms with Gasteiger partial charge < -0.3 is 11.1 Å². The minimum absolute atomic E-state index is 0.344.